The van der Waals surface area contributed by atoms with Gasteiger partial charge in [-0.3, -0.25) is 4.90 Å². The third kappa shape index (κ3) is 4.91. The van der Waals surface area contributed by atoms with Crippen LogP contribution in [-0.4, -0.2) is 52.4 Å². The van der Waals surface area contributed by atoms with Gasteiger partial charge in [0.2, 0.25) is 0 Å². The molecule has 0 saturated carbocycles. The zero-order chi connectivity index (χ0) is 15.2. The number of piperazine rings is 1. The molecule has 0 radical (unpaired) electrons. The highest BCUT2D eigenvalue weighted by atomic mass is 35.5. The van der Waals surface area contributed by atoms with Gasteiger partial charge in [0.1, 0.15) is 17.2 Å². The summed E-state index contributed by atoms with van der Waals surface area (Å²) in [5.41, 5.74) is 0.998. The SMILES string of the molecule is C=C[C@H](c1c(OC)cc(OC)cc1OC)N1CCNCC1.Cl.Cl. The molecule has 2 rings (SSSR count). The summed E-state index contributed by atoms with van der Waals surface area (Å²) >= 11 is 0. The molecule has 1 heterocycles. The lowest BCUT2D eigenvalue weighted by atomic mass is 10.0. The lowest BCUT2D eigenvalue weighted by Gasteiger charge is -2.34. The van der Waals surface area contributed by atoms with Crippen LogP contribution >= 0.6 is 24.8 Å². The Morgan fingerprint density at radius 2 is 1.57 bits per heavy atom. The van der Waals surface area contributed by atoms with E-state index in [0.717, 1.165) is 49.0 Å². The van der Waals surface area contributed by atoms with E-state index in [1.54, 1.807) is 21.3 Å². The Hall–Kier alpha value is -1.14. The van der Waals surface area contributed by atoms with Gasteiger partial charge in [-0.2, -0.15) is 0 Å². The molecule has 0 aliphatic carbocycles. The van der Waals surface area contributed by atoms with Gasteiger partial charge in [0.25, 0.3) is 0 Å². The Kier molecular flexibility index (Phi) is 10.1. The average molecular weight is 365 g/mol. The van der Waals surface area contributed by atoms with Crippen molar-refractivity contribution in [3.05, 3.63) is 30.4 Å². The highest BCUT2D eigenvalue weighted by molar-refractivity contribution is 5.85. The highest BCUT2D eigenvalue weighted by Crippen LogP contribution is 2.41. The second-order valence-electron chi connectivity index (χ2n) is 4.91. The average Bonchev–Trinajstić information content (AvgIpc) is 2.56. The minimum atomic E-state index is 0. The fraction of sp³-hybridized carbons (Fsp3) is 0.500. The van der Waals surface area contributed by atoms with Gasteiger partial charge in [-0.15, -0.1) is 31.4 Å². The van der Waals surface area contributed by atoms with Crippen molar-refractivity contribution < 1.29 is 14.2 Å². The minimum Gasteiger partial charge on any atom is -0.496 e. The summed E-state index contributed by atoms with van der Waals surface area (Å²) in [7, 11) is 4.96. The third-order valence-corrected chi connectivity index (χ3v) is 3.82. The molecule has 0 bridgehead atoms. The van der Waals surface area contributed by atoms with Crippen LogP contribution in [0.3, 0.4) is 0 Å². The summed E-state index contributed by atoms with van der Waals surface area (Å²) in [6, 6.07) is 3.83. The maximum atomic E-state index is 5.55. The predicted octanol–water partition coefficient (Wildman–Crippen LogP) is 2.69. The summed E-state index contributed by atoms with van der Waals surface area (Å²) in [6.45, 7) is 7.89. The third-order valence-electron chi connectivity index (χ3n) is 3.82. The van der Waals surface area contributed by atoms with Crippen LogP contribution in [0.2, 0.25) is 0 Å². The lowest BCUT2D eigenvalue weighted by Crippen LogP contribution is -2.44. The fourth-order valence-corrected chi connectivity index (χ4v) is 2.73. The fourth-order valence-electron chi connectivity index (χ4n) is 2.73. The first-order chi connectivity index (χ1) is 10.2. The van der Waals surface area contributed by atoms with Crippen molar-refractivity contribution in [3.8, 4) is 17.2 Å². The molecule has 0 spiro atoms. The molecule has 7 heteroatoms. The van der Waals surface area contributed by atoms with E-state index < -0.39 is 0 Å². The van der Waals surface area contributed by atoms with Gasteiger partial charge in [0.15, 0.2) is 0 Å². The number of nitrogens with zero attached hydrogens (tertiary/aromatic N) is 1. The second-order valence-corrected chi connectivity index (χ2v) is 4.91. The molecular weight excluding hydrogens is 339 g/mol. The van der Waals surface area contributed by atoms with E-state index in [4.69, 9.17) is 14.2 Å². The van der Waals surface area contributed by atoms with Crippen molar-refractivity contribution in [2.45, 2.75) is 6.04 Å². The molecule has 1 saturated heterocycles. The number of ether oxygens (including phenoxy) is 3. The van der Waals surface area contributed by atoms with Crippen LogP contribution in [-0.2, 0) is 0 Å². The molecule has 1 aromatic rings. The highest BCUT2D eigenvalue weighted by Gasteiger charge is 2.26. The number of hydrogen-bond acceptors (Lipinski definition) is 5. The predicted molar refractivity (Wildman–Crippen MR) is 98.0 cm³/mol. The number of rotatable bonds is 6. The van der Waals surface area contributed by atoms with E-state index >= 15 is 0 Å². The van der Waals surface area contributed by atoms with Crippen molar-refractivity contribution in [2.75, 3.05) is 47.5 Å². The van der Waals surface area contributed by atoms with E-state index in [-0.39, 0.29) is 30.9 Å². The van der Waals surface area contributed by atoms with Gasteiger partial charge in [-0.25, -0.2) is 0 Å². The smallest absolute Gasteiger partial charge is 0.131 e. The zero-order valence-corrected chi connectivity index (χ0v) is 15.5. The summed E-state index contributed by atoms with van der Waals surface area (Å²) < 4.78 is 16.4. The van der Waals surface area contributed by atoms with Crippen LogP contribution in [0.15, 0.2) is 24.8 Å². The number of nitrogens with one attached hydrogen (secondary N) is 1. The Morgan fingerprint density at radius 3 is 1.96 bits per heavy atom. The second kappa shape index (κ2) is 10.6. The Bertz CT molecular complexity index is 469. The van der Waals surface area contributed by atoms with Crippen LogP contribution in [0, 0.1) is 0 Å². The number of methoxy groups -OCH3 is 3. The van der Waals surface area contributed by atoms with Gasteiger partial charge in [0.05, 0.1) is 32.9 Å². The molecule has 0 aromatic heterocycles. The van der Waals surface area contributed by atoms with Crippen LogP contribution < -0.4 is 19.5 Å². The Balaban J connectivity index is 0.00000242. The first-order valence-corrected chi connectivity index (χ1v) is 7.12. The van der Waals surface area contributed by atoms with E-state index in [9.17, 15) is 0 Å². The summed E-state index contributed by atoms with van der Waals surface area (Å²) in [5, 5.41) is 3.36. The number of hydrogen-bond donors (Lipinski definition) is 1. The summed E-state index contributed by atoms with van der Waals surface area (Å²) in [4.78, 5) is 2.37. The van der Waals surface area contributed by atoms with E-state index in [2.05, 4.69) is 16.8 Å². The quantitative estimate of drug-likeness (QED) is 0.786. The Labute approximate surface area is 150 Å². The van der Waals surface area contributed by atoms with Crippen molar-refractivity contribution in [1.82, 2.24) is 10.2 Å². The van der Waals surface area contributed by atoms with E-state index in [0.29, 0.717) is 0 Å². The van der Waals surface area contributed by atoms with Crippen LogP contribution in [0.1, 0.15) is 11.6 Å². The molecule has 5 nitrogen and oxygen atoms in total. The maximum Gasteiger partial charge on any atom is 0.131 e. The monoisotopic (exact) mass is 364 g/mol. The van der Waals surface area contributed by atoms with Crippen molar-refractivity contribution >= 4 is 24.8 Å². The molecule has 0 unspecified atom stereocenters. The van der Waals surface area contributed by atoms with Crippen molar-refractivity contribution in [2.24, 2.45) is 0 Å². The van der Waals surface area contributed by atoms with Crippen LogP contribution in [0.4, 0.5) is 0 Å². The molecular formula is C16H26Cl2N2O3. The van der Waals surface area contributed by atoms with Crippen LogP contribution in [0.5, 0.6) is 17.2 Å². The van der Waals surface area contributed by atoms with E-state index in [1.807, 2.05) is 18.2 Å². The maximum absolute atomic E-state index is 5.55. The van der Waals surface area contributed by atoms with Gasteiger partial charge in [-0.1, -0.05) is 6.08 Å². The van der Waals surface area contributed by atoms with Gasteiger partial charge < -0.3 is 19.5 Å². The summed E-state index contributed by atoms with van der Waals surface area (Å²) in [6.07, 6.45) is 1.94. The normalized spacial score (nSPS) is 15.6. The first-order valence-electron chi connectivity index (χ1n) is 7.12. The first kappa shape index (κ1) is 21.9. The van der Waals surface area contributed by atoms with Crippen molar-refractivity contribution in [3.63, 3.8) is 0 Å². The summed E-state index contributed by atoms with van der Waals surface area (Å²) in [5.74, 6) is 2.24. The number of benzene rings is 1. The molecule has 0 amide bonds. The molecule has 1 atom stereocenters. The van der Waals surface area contributed by atoms with Gasteiger partial charge >= 0.3 is 0 Å². The van der Waals surface area contributed by atoms with Gasteiger partial charge in [-0.05, 0) is 0 Å². The molecule has 1 aromatic carbocycles. The topological polar surface area (TPSA) is 43.0 Å². The molecule has 1 aliphatic heterocycles. The molecule has 23 heavy (non-hydrogen) atoms. The number of halogens is 2. The standard InChI is InChI=1S/C16H24N2O3.2ClH/c1-5-13(18-8-6-17-7-9-18)16-14(20-3)10-12(19-2)11-15(16)21-4;;/h5,10-11,13,17H,1,6-9H2,2-4H3;2*1H/t13-;;/m1../s1. The Morgan fingerprint density at radius 1 is 1.04 bits per heavy atom. The largest absolute Gasteiger partial charge is 0.496 e. The van der Waals surface area contributed by atoms with Crippen molar-refractivity contribution in [1.29, 1.82) is 0 Å². The zero-order valence-electron chi connectivity index (χ0n) is 13.8. The van der Waals surface area contributed by atoms with E-state index in [1.165, 1.54) is 0 Å². The minimum absolute atomic E-state index is 0. The molecule has 1 aliphatic rings. The van der Waals surface area contributed by atoms with Gasteiger partial charge in [0, 0.05) is 38.3 Å². The molecule has 1 fully saturated rings. The lowest BCUT2D eigenvalue weighted by molar-refractivity contribution is 0.197. The molecule has 1 N–H and O–H groups in total. The molecule has 132 valence electrons. The van der Waals surface area contributed by atoms with Crippen LogP contribution in [0.25, 0.3) is 0 Å².